The highest BCUT2D eigenvalue weighted by atomic mass is 32.2. The van der Waals surface area contributed by atoms with Crippen molar-refractivity contribution in [3.8, 4) is 11.4 Å². The maximum Gasteiger partial charge on any atom is 0.237 e. The van der Waals surface area contributed by atoms with Crippen LogP contribution in [0.5, 0.6) is 0 Å². The van der Waals surface area contributed by atoms with Crippen LogP contribution in [0.1, 0.15) is 12.5 Å². The maximum atomic E-state index is 12.5. The van der Waals surface area contributed by atoms with E-state index in [1.54, 1.807) is 0 Å². The average molecular weight is 397 g/mol. The second kappa shape index (κ2) is 8.35. The summed E-state index contributed by atoms with van der Waals surface area (Å²) in [7, 11) is 3.94. The van der Waals surface area contributed by atoms with Gasteiger partial charge in [-0.05, 0) is 38.1 Å². The van der Waals surface area contributed by atoms with Crippen LogP contribution in [0.25, 0.3) is 11.4 Å². The second-order valence-corrected chi connectivity index (χ2v) is 8.04. The molecule has 0 saturated carbocycles. The first-order chi connectivity index (χ1) is 13.3. The zero-order valence-electron chi connectivity index (χ0n) is 16.4. The summed E-state index contributed by atoms with van der Waals surface area (Å²) in [6.07, 6.45) is 0. The zero-order chi connectivity index (χ0) is 20.3. The number of nitrogens with one attached hydrogen (secondary N) is 1. The average Bonchev–Trinajstić information content (AvgIpc) is 3.03. The van der Waals surface area contributed by atoms with Gasteiger partial charge in [-0.3, -0.25) is 4.79 Å². The smallest absolute Gasteiger partial charge is 0.237 e. The molecule has 8 heteroatoms. The van der Waals surface area contributed by atoms with Crippen molar-refractivity contribution in [1.82, 2.24) is 14.9 Å². The van der Waals surface area contributed by atoms with Crippen molar-refractivity contribution in [1.29, 1.82) is 0 Å². The van der Waals surface area contributed by atoms with Crippen molar-refractivity contribution in [3.63, 3.8) is 0 Å². The monoisotopic (exact) mass is 396 g/mol. The zero-order valence-corrected chi connectivity index (χ0v) is 17.2. The minimum atomic E-state index is -0.383. The number of thioether (sulfide) groups is 1. The number of nitrogens with zero attached hydrogens (tertiary/aromatic N) is 4. The van der Waals surface area contributed by atoms with Gasteiger partial charge in [0.25, 0.3) is 0 Å². The number of hydrogen-bond acceptors (Lipinski definition) is 6. The molecule has 0 radical (unpaired) electrons. The van der Waals surface area contributed by atoms with Crippen LogP contribution in [-0.2, 0) is 4.79 Å². The molecule has 0 fully saturated rings. The van der Waals surface area contributed by atoms with E-state index in [4.69, 9.17) is 5.84 Å². The molecule has 0 saturated heterocycles. The Balaban J connectivity index is 1.66. The van der Waals surface area contributed by atoms with E-state index in [1.165, 1.54) is 16.4 Å². The van der Waals surface area contributed by atoms with Crippen molar-refractivity contribution in [2.24, 2.45) is 0 Å². The molecule has 0 aliphatic heterocycles. The van der Waals surface area contributed by atoms with Gasteiger partial charge in [-0.1, -0.05) is 41.6 Å². The molecule has 0 aliphatic rings. The standard InChI is InChI=1S/C20H24N6OS/c1-13-5-7-15(8-6-13)18-23-24-20(26(18)21)28-14(2)19(27)22-16-9-11-17(12-10-16)25(3)4/h5-12,14H,21H2,1-4H3,(H,22,27). The first-order valence-corrected chi connectivity index (χ1v) is 9.75. The number of aromatic nitrogens is 3. The number of nitrogens with two attached hydrogens (primary N) is 1. The van der Waals surface area contributed by atoms with E-state index in [0.717, 1.165) is 22.5 Å². The Labute approximate surface area is 168 Å². The molecule has 0 bridgehead atoms. The largest absolute Gasteiger partial charge is 0.378 e. The third kappa shape index (κ3) is 4.45. The molecule has 1 aromatic heterocycles. The molecule has 1 amide bonds. The van der Waals surface area contributed by atoms with Crippen LogP contribution < -0.4 is 16.1 Å². The first-order valence-electron chi connectivity index (χ1n) is 8.87. The number of nitrogen functional groups attached to an aromatic ring is 1. The Morgan fingerprint density at radius 3 is 2.36 bits per heavy atom. The molecule has 0 spiro atoms. The van der Waals surface area contributed by atoms with Crippen molar-refractivity contribution in [2.45, 2.75) is 24.3 Å². The van der Waals surface area contributed by atoms with Gasteiger partial charge in [0.2, 0.25) is 11.1 Å². The van der Waals surface area contributed by atoms with Gasteiger partial charge in [0.15, 0.2) is 5.82 Å². The predicted molar refractivity (Wildman–Crippen MR) is 115 cm³/mol. The maximum absolute atomic E-state index is 12.5. The molecular weight excluding hydrogens is 372 g/mol. The van der Waals surface area contributed by atoms with Gasteiger partial charge in [0, 0.05) is 31.0 Å². The van der Waals surface area contributed by atoms with Crippen LogP contribution in [0.4, 0.5) is 11.4 Å². The van der Waals surface area contributed by atoms with Gasteiger partial charge in [-0.2, -0.15) is 0 Å². The van der Waals surface area contributed by atoms with E-state index in [9.17, 15) is 4.79 Å². The van der Waals surface area contributed by atoms with Crippen LogP contribution >= 0.6 is 11.8 Å². The molecular formula is C20H24N6OS. The minimum absolute atomic E-state index is 0.123. The summed E-state index contributed by atoms with van der Waals surface area (Å²) >= 11 is 1.27. The summed E-state index contributed by atoms with van der Waals surface area (Å²) in [6, 6.07) is 15.6. The summed E-state index contributed by atoms with van der Waals surface area (Å²) in [6.45, 7) is 3.83. The molecule has 3 rings (SSSR count). The van der Waals surface area contributed by atoms with Crippen LogP contribution in [0, 0.1) is 6.92 Å². The van der Waals surface area contributed by atoms with Gasteiger partial charge >= 0.3 is 0 Å². The van der Waals surface area contributed by atoms with E-state index >= 15 is 0 Å². The molecule has 1 atom stereocenters. The SMILES string of the molecule is Cc1ccc(-c2nnc(SC(C)C(=O)Nc3ccc(N(C)C)cc3)n2N)cc1. The number of carbonyl (C=O) groups is 1. The highest BCUT2D eigenvalue weighted by molar-refractivity contribution is 8.00. The third-order valence-corrected chi connectivity index (χ3v) is 5.33. The van der Waals surface area contributed by atoms with Crippen LogP contribution in [0.3, 0.4) is 0 Å². The van der Waals surface area contributed by atoms with E-state index in [0.29, 0.717) is 11.0 Å². The summed E-state index contributed by atoms with van der Waals surface area (Å²) in [5, 5.41) is 11.3. The summed E-state index contributed by atoms with van der Waals surface area (Å²) in [5.74, 6) is 6.60. The number of amides is 1. The van der Waals surface area contributed by atoms with E-state index in [2.05, 4.69) is 15.5 Å². The van der Waals surface area contributed by atoms with Crippen LogP contribution in [-0.4, -0.2) is 40.1 Å². The van der Waals surface area contributed by atoms with Gasteiger partial charge in [0.1, 0.15) is 0 Å². The number of rotatable bonds is 6. The topological polar surface area (TPSA) is 89.1 Å². The van der Waals surface area contributed by atoms with Crippen LogP contribution in [0.2, 0.25) is 0 Å². The number of hydrogen-bond donors (Lipinski definition) is 2. The molecule has 7 nitrogen and oxygen atoms in total. The fourth-order valence-corrected chi connectivity index (χ4v) is 3.33. The van der Waals surface area contributed by atoms with Gasteiger partial charge in [-0.15, -0.1) is 10.2 Å². The first kappa shape index (κ1) is 19.8. The van der Waals surface area contributed by atoms with Crippen LogP contribution in [0.15, 0.2) is 53.7 Å². The normalized spacial score (nSPS) is 11.9. The quantitative estimate of drug-likeness (QED) is 0.491. The summed E-state index contributed by atoms with van der Waals surface area (Å²) in [4.78, 5) is 14.5. The van der Waals surface area contributed by atoms with Crippen molar-refractivity contribution >= 4 is 29.0 Å². The second-order valence-electron chi connectivity index (χ2n) is 6.73. The van der Waals surface area contributed by atoms with Crippen molar-refractivity contribution < 1.29 is 4.79 Å². The van der Waals surface area contributed by atoms with E-state index in [-0.39, 0.29) is 11.2 Å². The Kier molecular flexibility index (Phi) is 5.89. The Morgan fingerprint density at radius 2 is 1.75 bits per heavy atom. The Hall–Kier alpha value is -3.00. The Morgan fingerprint density at radius 1 is 1.11 bits per heavy atom. The number of carbonyl (C=O) groups excluding carboxylic acids is 1. The van der Waals surface area contributed by atoms with Gasteiger partial charge < -0.3 is 16.1 Å². The molecule has 0 aliphatic carbocycles. The highest BCUT2D eigenvalue weighted by Crippen LogP contribution is 2.26. The highest BCUT2D eigenvalue weighted by Gasteiger charge is 2.20. The molecule has 1 unspecified atom stereocenters. The summed E-state index contributed by atoms with van der Waals surface area (Å²) in [5.41, 5.74) is 3.86. The fourth-order valence-electron chi connectivity index (χ4n) is 2.56. The molecule has 1 heterocycles. The number of benzene rings is 2. The fraction of sp³-hybridized carbons (Fsp3) is 0.250. The number of anilines is 2. The molecule has 146 valence electrons. The third-order valence-electron chi connectivity index (χ3n) is 4.28. The van der Waals surface area contributed by atoms with Gasteiger partial charge in [-0.25, -0.2) is 4.68 Å². The molecule has 2 aromatic carbocycles. The lowest BCUT2D eigenvalue weighted by Gasteiger charge is -2.14. The minimum Gasteiger partial charge on any atom is -0.378 e. The summed E-state index contributed by atoms with van der Waals surface area (Å²) < 4.78 is 1.42. The molecule has 28 heavy (non-hydrogen) atoms. The van der Waals surface area contributed by atoms with Gasteiger partial charge in [0.05, 0.1) is 5.25 Å². The lowest BCUT2D eigenvalue weighted by molar-refractivity contribution is -0.115. The van der Waals surface area contributed by atoms with E-state index in [1.807, 2.05) is 81.4 Å². The lowest BCUT2D eigenvalue weighted by atomic mass is 10.1. The van der Waals surface area contributed by atoms with Crippen molar-refractivity contribution in [2.75, 3.05) is 30.2 Å². The molecule has 3 N–H and O–H groups in total. The molecule has 3 aromatic rings. The lowest BCUT2D eigenvalue weighted by Crippen LogP contribution is -2.23. The predicted octanol–water partition coefficient (Wildman–Crippen LogP) is 3.15. The van der Waals surface area contributed by atoms with E-state index < -0.39 is 0 Å². The number of aryl methyl sites for hydroxylation is 1. The Bertz CT molecular complexity index is 950. The van der Waals surface area contributed by atoms with Crippen molar-refractivity contribution in [3.05, 3.63) is 54.1 Å².